The van der Waals surface area contributed by atoms with Gasteiger partial charge in [0.15, 0.2) is 0 Å². The fourth-order valence-electron chi connectivity index (χ4n) is 4.08. The summed E-state index contributed by atoms with van der Waals surface area (Å²) in [6, 6.07) is 16.4. The Morgan fingerprint density at radius 3 is 2.52 bits per heavy atom. The average Bonchev–Trinajstić information content (AvgIpc) is 3.22. The molecule has 1 aliphatic rings. The van der Waals surface area contributed by atoms with Crippen LogP contribution in [0, 0.1) is 20.8 Å². The van der Waals surface area contributed by atoms with Gasteiger partial charge in [-0.25, -0.2) is 9.59 Å². The van der Waals surface area contributed by atoms with E-state index >= 15 is 0 Å². The molecule has 0 atom stereocenters. The molecular weight excluding hydrogens is 418 g/mol. The number of methoxy groups -OCH3 is 1. The Morgan fingerprint density at radius 2 is 1.79 bits per heavy atom. The second-order valence-corrected chi connectivity index (χ2v) is 8.07. The van der Waals surface area contributed by atoms with Gasteiger partial charge in [-0.3, -0.25) is 9.69 Å². The largest absolute Gasteiger partial charge is 0.465 e. The first kappa shape index (κ1) is 22.1. The van der Waals surface area contributed by atoms with E-state index in [0.717, 1.165) is 33.8 Å². The van der Waals surface area contributed by atoms with Crippen molar-refractivity contribution in [3.8, 4) is 5.69 Å². The number of hydrogen-bond donors (Lipinski definition) is 1. The zero-order valence-electron chi connectivity index (χ0n) is 19.0. The van der Waals surface area contributed by atoms with E-state index in [1.54, 1.807) is 24.3 Å². The molecule has 0 bridgehead atoms. The molecule has 1 fully saturated rings. The van der Waals surface area contributed by atoms with E-state index in [4.69, 9.17) is 4.74 Å². The van der Waals surface area contributed by atoms with Crippen molar-refractivity contribution < 1.29 is 19.1 Å². The maximum absolute atomic E-state index is 13.0. The number of esters is 1. The van der Waals surface area contributed by atoms with Gasteiger partial charge in [0.2, 0.25) is 0 Å². The molecule has 2 aromatic carbocycles. The van der Waals surface area contributed by atoms with Crippen LogP contribution in [-0.4, -0.2) is 34.5 Å². The Labute approximate surface area is 192 Å². The number of imide groups is 1. The molecule has 7 heteroatoms. The van der Waals surface area contributed by atoms with Gasteiger partial charge in [-0.1, -0.05) is 35.9 Å². The smallest absolute Gasteiger partial charge is 0.337 e. The number of ether oxygens (including phenoxy) is 1. The van der Waals surface area contributed by atoms with Gasteiger partial charge in [0.1, 0.15) is 5.70 Å². The monoisotopic (exact) mass is 443 g/mol. The van der Waals surface area contributed by atoms with Gasteiger partial charge in [0.25, 0.3) is 5.91 Å². The Morgan fingerprint density at radius 1 is 1.03 bits per heavy atom. The summed E-state index contributed by atoms with van der Waals surface area (Å²) in [6.45, 7) is 6.05. The van der Waals surface area contributed by atoms with E-state index in [2.05, 4.69) is 5.32 Å². The predicted molar refractivity (Wildman–Crippen MR) is 125 cm³/mol. The molecule has 0 spiro atoms. The molecule has 7 nitrogen and oxygen atoms in total. The molecule has 0 unspecified atom stereocenters. The Kier molecular flexibility index (Phi) is 5.87. The number of benzene rings is 2. The Bertz CT molecular complexity index is 1300. The van der Waals surface area contributed by atoms with Crippen molar-refractivity contribution in [3.05, 3.63) is 93.9 Å². The van der Waals surface area contributed by atoms with Crippen LogP contribution in [0.15, 0.2) is 60.3 Å². The lowest BCUT2D eigenvalue weighted by Gasteiger charge is -2.12. The summed E-state index contributed by atoms with van der Waals surface area (Å²) in [5, 5.41) is 2.69. The van der Waals surface area contributed by atoms with Crippen LogP contribution < -0.4 is 5.32 Å². The van der Waals surface area contributed by atoms with Gasteiger partial charge in [0, 0.05) is 17.1 Å². The van der Waals surface area contributed by atoms with Crippen molar-refractivity contribution in [2.24, 2.45) is 0 Å². The number of hydrogen-bond acceptors (Lipinski definition) is 4. The molecule has 3 aromatic rings. The standard InChI is InChI=1S/C26H25N3O4/c1-16-7-5-8-19(11-16)15-28-24(30)23(27-26(28)32)14-21-12-17(2)29(18(21)3)22-10-6-9-20(13-22)25(31)33-4/h5-14H,15H2,1-4H3,(H,27,32)/b23-14+. The highest BCUT2D eigenvalue weighted by Gasteiger charge is 2.33. The number of aromatic nitrogens is 1. The molecule has 33 heavy (non-hydrogen) atoms. The van der Waals surface area contributed by atoms with Crippen molar-refractivity contribution in [2.75, 3.05) is 7.11 Å². The van der Waals surface area contributed by atoms with E-state index in [0.29, 0.717) is 5.56 Å². The third kappa shape index (κ3) is 4.30. The van der Waals surface area contributed by atoms with Crippen molar-refractivity contribution in [3.63, 3.8) is 0 Å². The van der Waals surface area contributed by atoms with Gasteiger partial charge in [-0.2, -0.15) is 0 Å². The quantitative estimate of drug-likeness (QED) is 0.363. The van der Waals surface area contributed by atoms with Crippen LogP contribution in [0.25, 0.3) is 11.8 Å². The summed E-state index contributed by atoms with van der Waals surface area (Å²) in [7, 11) is 1.35. The van der Waals surface area contributed by atoms with Gasteiger partial charge < -0.3 is 14.6 Å². The fourth-order valence-corrected chi connectivity index (χ4v) is 4.08. The van der Waals surface area contributed by atoms with E-state index in [9.17, 15) is 14.4 Å². The topological polar surface area (TPSA) is 80.6 Å². The second-order valence-electron chi connectivity index (χ2n) is 8.07. The number of carbonyl (C=O) groups excluding carboxylic acids is 3. The van der Waals surface area contributed by atoms with Gasteiger partial charge in [-0.05, 0) is 62.2 Å². The molecule has 3 amide bonds. The average molecular weight is 444 g/mol. The molecule has 1 N–H and O–H groups in total. The first-order valence-electron chi connectivity index (χ1n) is 10.6. The van der Waals surface area contributed by atoms with Crippen LogP contribution in [0.1, 0.15) is 38.4 Å². The van der Waals surface area contributed by atoms with E-state index in [-0.39, 0.29) is 18.1 Å². The molecule has 0 saturated carbocycles. The number of nitrogens with one attached hydrogen (secondary N) is 1. The molecule has 1 aliphatic heterocycles. The Hall–Kier alpha value is -4.13. The number of carbonyl (C=O) groups is 3. The van der Waals surface area contributed by atoms with E-state index in [1.165, 1.54) is 12.0 Å². The lowest BCUT2D eigenvalue weighted by atomic mass is 10.1. The van der Waals surface area contributed by atoms with Crippen molar-refractivity contribution in [1.29, 1.82) is 0 Å². The van der Waals surface area contributed by atoms with Gasteiger partial charge in [0.05, 0.1) is 19.2 Å². The van der Waals surface area contributed by atoms with Gasteiger partial charge in [-0.15, -0.1) is 0 Å². The zero-order valence-corrected chi connectivity index (χ0v) is 19.0. The number of rotatable bonds is 5. The highest BCUT2D eigenvalue weighted by Crippen LogP contribution is 2.25. The summed E-state index contributed by atoms with van der Waals surface area (Å²) < 4.78 is 6.81. The van der Waals surface area contributed by atoms with Crippen molar-refractivity contribution in [1.82, 2.24) is 14.8 Å². The van der Waals surface area contributed by atoms with Crippen LogP contribution in [0.4, 0.5) is 4.79 Å². The zero-order chi connectivity index (χ0) is 23.7. The maximum Gasteiger partial charge on any atom is 0.337 e. The Balaban J connectivity index is 1.63. The summed E-state index contributed by atoms with van der Waals surface area (Å²) in [4.78, 5) is 38.6. The van der Waals surface area contributed by atoms with Crippen LogP contribution in [0.5, 0.6) is 0 Å². The minimum Gasteiger partial charge on any atom is -0.465 e. The fraction of sp³-hybridized carbons (Fsp3) is 0.192. The summed E-state index contributed by atoms with van der Waals surface area (Å²) in [5.74, 6) is -0.770. The molecule has 1 saturated heterocycles. The van der Waals surface area contributed by atoms with Crippen LogP contribution in [0.3, 0.4) is 0 Å². The lowest BCUT2D eigenvalue weighted by Crippen LogP contribution is -2.30. The minimum atomic E-state index is -0.438. The second kappa shape index (κ2) is 8.78. The minimum absolute atomic E-state index is 0.211. The SMILES string of the molecule is COC(=O)c1cccc(-n2c(C)cc(/C=C3/NC(=O)N(Cc4cccc(C)c4)C3=O)c2C)c1. The first-order valence-corrected chi connectivity index (χ1v) is 10.6. The highest BCUT2D eigenvalue weighted by atomic mass is 16.5. The lowest BCUT2D eigenvalue weighted by molar-refractivity contribution is -0.123. The third-order valence-electron chi connectivity index (χ3n) is 5.68. The van der Waals surface area contributed by atoms with E-state index < -0.39 is 12.0 Å². The number of urea groups is 1. The number of aryl methyl sites for hydroxylation is 2. The van der Waals surface area contributed by atoms with Crippen LogP contribution >= 0.6 is 0 Å². The molecule has 0 aliphatic carbocycles. The van der Waals surface area contributed by atoms with Crippen molar-refractivity contribution in [2.45, 2.75) is 27.3 Å². The number of nitrogens with zero attached hydrogens (tertiary/aromatic N) is 2. The predicted octanol–water partition coefficient (Wildman–Crippen LogP) is 4.28. The molecule has 168 valence electrons. The van der Waals surface area contributed by atoms with Crippen LogP contribution in [-0.2, 0) is 16.1 Å². The molecule has 0 radical (unpaired) electrons. The van der Waals surface area contributed by atoms with Crippen LogP contribution in [0.2, 0.25) is 0 Å². The normalized spacial score (nSPS) is 14.7. The summed E-state index contributed by atoms with van der Waals surface area (Å²) in [5.41, 5.74) is 6.06. The number of amides is 3. The molecule has 4 rings (SSSR count). The van der Waals surface area contributed by atoms with E-state index in [1.807, 2.05) is 61.7 Å². The van der Waals surface area contributed by atoms with Crippen molar-refractivity contribution >= 4 is 24.0 Å². The summed E-state index contributed by atoms with van der Waals surface area (Å²) in [6.07, 6.45) is 1.69. The third-order valence-corrected chi connectivity index (χ3v) is 5.68. The van der Waals surface area contributed by atoms with Gasteiger partial charge >= 0.3 is 12.0 Å². The molecule has 1 aromatic heterocycles. The first-order chi connectivity index (χ1) is 15.8. The molecule has 2 heterocycles. The maximum atomic E-state index is 13.0. The molecular formula is C26H25N3O4. The highest BCUT2D eigenvalue weighted by molar-refractivity contribution is 6.14. The summed E-state index contributed by atoms with van der Waals surface area (Å²) >= 11 is 0.